The summed E-state index contributed by atoms with van der Waals surface area (Å²) in [6, 6.07) is 0. The van der Waals surface area contributed by atoms with Gasteiger partial charge in [0.2, 0.25) is 0 Å². The van der Waals surface area contributed by atoms with Crippen LogP contribution in [0.4, 0.5) is 0 Å². The predicted octanol–water partition coefficient (Wildman–Crippen LogP) is 1.25. The van der Waals surface area contributed by atoms with Gasteiger partial charge in [-0.15, -0.1) is 0 Å². The Kier molecular flexibility index (Phi) is 1.08. The van der Waals surface area contributed by atoms with Crippen LogP contribution in [0.15, 0.2) is 0 Å². The van der Waals surface area contributed by atoms with Gasteiger partial charge in [-0.05, 0) is 11.8 Å². The van der Waals surface area contributed by atoms with E-state index in [1.165, 1.54) is 0 Å². The molecule has 0 saturated carbocycles. The first-order valence-electron chi connectivity index (χ1n) is 2.63. The highest BCUT2D eigenvalue weighted by Gasteiger charge is 2.23. The summed E-state index contributed by atoms with van der Waals surface area (Å²) in [5, 5.41) is 0. The first-order chi connectivity index (χ1) is 3.21. The first kappa shape index (κ1) is 5.10. The van der Waals surface area contributed by atoms with Crippen molar-refractivity contribution in [1.29, 1.82) is 0 Å². The van der Waals surface area contributed by atoms with E-state index in [2.05, 4.69) is 20.3 Å². The quantitative estimate of drug-likeness (QED) is 0.444. The van der Waals surface area contributed by atoms with E-state index in [9.17, 15) is 0 Å². The van der Waals surface area contributed by atoms with E-state index in [4.69, 9.17) is 4.74 Å². The van der Waals surface area contributed by atoms with Gasteiger partial charge in [0.25, 0.3) is 0 Å². The SMILES string of the molecule is CC1(C)[CH]COC1. The van der Waals surface area contributed by atoms with E-state index in [-0.39, 0.29) is 0 Å². The maximum absolute atomic E-state index is 5.10. The van der Waals surface area contributed by atoms with Crippen molar-refractivity contribution in [3.63, 3.8) is 0 Å². The minimum atomic E-state index is 0.347. The topological polar surface area (TPSA) is 9.23 Å². The van der Waals surface area contributed by atoms with Crippen molar-refractivity contribution in [3.05, 3.63) is 6.42 Å². The van der Waals surface area contributed by atoms with Crippen molar-refractivity contribution < 1.29 is 4.74 Å². The van der Waals surface area contributed by atoms with Crippen molar-refractivity contribution in [2.24, 2.45) is 5.41 Å². The highest BCUT2D eigenvalue weighted by molar-refractivity contribution is 4.89. The Bertz CT molecular complexity index is 58.6. The molecule has 0 bridgehead atoms. The van der Waals surface area contributed by atoms with Crippen molar-refractivity contribution in [2.75, 3.05) is 13.2 Å². The molecule has 1 saturated heterocycles. The maximum atomic E-state index is 5.10. The van der Waals surface area contributed by atoms with Crippen LogP contribution >= 0.6 is 0 Å². The zero-order chi connectivity index (χ0) is 5.33. The van der Waals surface area contributed by atoms with Gasteiger partial charge in [-0.2, -0.15) is 0 Å². The van der Waals surface area contributed by atoms with E-state index >= 15 is 0 Å². The minimum absolute atomic E-state index is 0.347. The molecule has 0 aliphatic carbocycles. The van der Waals surface area contributed by atoms with Crippen LogP contribution in [0.25, 0.3) is 0 Å². The van der Waals surface area contributed by atoms with E-state index in [0.29, 0.717) is 5.41 Å². The predicted molar refractivity (Wildman–Crippen MR) is 28.9 cm³/mol. The Morgan fingerprint density at radius 2 is 2.29 bits per heavy atom. The van der Waals surface area contributed by atoms with E-state index < -0.39 is 0 Å². The zero-order valence-electron chi connectivity index (χ0n) is 4.90. The second-order valence-corrected chi connectivity index (χ2v) is 2.71. The summed E-state index contributed by atoms with van der Waals surface area (Å²) in [6.45, 7) is 6.10. The second-order valence-electron chi connectivity index (χ2n) is 2.71. The molecule has 0 unspecified atom stereocenters. The van der Waals surface area contributed by atoms with Crippen LogP contribution in [0, 0.1) is 11.8 Å². The van der Waals surface area contributed by atoms with Crippen LogP contribution in [0.5, 0.6) is 0 Å². The normalized spacial score (nSPS) is 28.3. The number of rotatable bonds is 0. The fourth-order valence-corrected chi connectivity index (χ4v) is 0.665. The Morgan fingerprint density at radius 1 is 1.57 bits per heavy atom. The molecule has 1 aliphatic rings. The van der Waals surface area contributed by atoms with Crippen LogP contribution < -0.4 is 0 Å². The monoisotopic (exact) mass is 99.1 g/mol. The summed E-state index contributed by atoms with van der Waals surface area (Å²) in [5.41, 5.74) is 0.347. The third-order valence-corrected chi connectivity index (χ3v) is 1.23. The molecule has 1 heterocycles. The van der Waals surface area contributed by atoms with Crippen molar-refractivity contribution >= 4 is 0 Å². The van der Waals surface area contributed by atoms with Crippen molar-refractivity contribution in [3.8, 4) is 0 Å². The fourth-order valence-electron chi connectivity index (χ4n) is 0.665. The van der Waals surface area contributed by atoms with Crippen LogP contribution in [0.2, 0.25) is 0 Å². The Labute approximate surface area is 44.7 Å². The summed E-state index contributed by atoms with van der Waals surface area (Å²) < 4.78 is 5.10. The Balaban J connectivity index is 2.40. The molecule has 1 aliphatic heterocycles. The van der Waals surface area contributed by atoms with Gasteiger partial charge in [0.05, 0.1) is 13.2 Å². The lowest BCUT2D eigenvalue weighted by molar-refractivity contribution is 0.167. The molecule has 41 valence electrons. The summed E-state index contributed by atoms with van der Waals surface area (Å²) in [6.07, 6.45) is 2.20. The van der Waals surface area contributed by atoms with Crippen LogP contribution in [0.3, 0.4) is 0 Å². The highest BCUT2D eigenvalue weighted by atomic mass is 16.5. The zero-order valence-corrected chi connectivity index (χ0v) is 4.90. The molecule has 0 aromatic carbocycles. The molecule has 1 heteroatoms. The summed E-state index contributed by atoms with van der Waals surface area (Å²) in [4.78, 5) is 0. The molecule has 0 spiro atoms. The average molecular weight is 99.2 g/mol. The summed E-state index contributed by atoms with van der Waals surface area (Å²) in [5.74, 6) is 0. The molecule has 1 rings (SSSR count). The van der Waals surface area contributed by atoms with Gasteiger partial charge >= 0.3 is 0 Å². The van der Waals surface area contributed by atoms with Crippen molar-refractivity contribution in [2.45, 2.75) is 13.8 Å². The third-order valence-electron chi connectivity index (χ3n) is 1.23. The molecule has 1 radical (unpaired) electrons. The van der Waals surface area contributed by atoms with Gasteiger partial charge < -0.3 is 4.74 Å². The minimum Gasteiger partial charge on any atom is -0.381 e. The van der Waals surface area contributed by atoms with Gasteiger partial charge in [-0.25, -0.2) is 0 Å². The first-order valence-corrected chi connectivity index (χ1v) is 2.63. The largest absolute Gasteiger partial charge is 0.381 e. The summed E-state index contributed by atoms with van der Waals surface area (Å²) >= 11 is 0. The van der Waals surface area contributed by atoms with Crippen LogP contribution in [0.1, 0.15) is 13.8 Å². The van der Waals surface area contributed by atoms with Gasteiger partial charge in [0.1, 0.15) is 0 Å². The van der Waals surface area contributed by atoms with E-state index in [0.717, 1.165) is 13.2 Å². The van der Waals surface area contributed by atoms with Gasteiger partial charge in [-0.3, -0.25) is 0 Å². The maximum Gasteiger partial charge on any atom is 0.0520 e. The fraction of sp³-hybridized carbons (Fsp3) is 0.833. The lowest BCUT2D eigenvalue weighted by Gasteiger charge is -2.10. The third kappa shape index (κ3) is 1.16. The molecular weight excluding hydrogens is 88.1 g/mol. The molecule has 0 aromatic rings. The van der Waals surface area contributed by atoms with E-state index in [1.54, 1.807) is 0 Å². The Morgan fingerprint density at radius 3 is 2.43 bits per heavy atom. The molecule has 1 nitrogen and oxygen atoms in total. The molecule has 0 amide bonds. The van der Waals surface area contributed by atoms with Crippen molar-refractivity contribution in [1.82, 2.24) is 0 Å². The number of hydrogen-bond acceptors (Lipinski definition) is 1. The number of hydrogen-bond donors (Lipinski definition) is 0. The van der Waals surface area contributed by atoms with Gasteiger partial charge in [-0.1, -0.05) is 13.8 Å². The van der Waals surface area contributed by atoms with Crippen LogP contribution in [-0.4, -0.2) is 13.2 Å². The highest BCUT2D eigenvalue weighted by Crippen LogP contribution is 2.24. The summed E-state index contributed by atoms with van der Waals surface area (Å²) in [7, 11) is 0. The average Bonchev–Trinajstić information content (AvgIpc) is 1.84. The lowest BCUT2D eigenvalue weighted by atomic mass is 9.94. The lowest BCUT2D eigenvalue weighted by Crippen LogP contribution is -2.09. The molecule has 0 aromatic heterocycles. The standard InChI is InChI=1S/C6H11O/c1-6(2)3-4-7-5-6/h3H,4-5H2,1-2H3. The van der Waals surface area contributed by atoms with Gasteiger partial charge in [0.15, 0.2) is 0 Å². The van der Waals surface area contributed by atoms with Gasteiger partial charge in [0, 0.05) is 0 Å². The molecule has 0 N–H and O–H groups in total. The molecular formula is C6H11O. The molecule has 1 fully saturated rings. The second kappa shape index (κ2) is 1.48. The molecule has 7 heavy (non-hydrogen) atoms. The Hall–Kier alpha value is -0.0400. The van der Waals surface area contributed by atoms with Crippen LogP contribution in [-0.2, 0) is 4.74 Å². The smallest absolute Gasteiger partial charge is 0.0520 e. The number of ether oxygens (including phenoxy) is 1. The van der Waals surface area contributed by atoms with E-state index in [1.807, 2.05) is 0 Å². The molecule has 0 atom stereocenters.